The molecule has 0 atom stereocenters. The number of hydrogen-bond donors (Lipinski definition) is 1. The Balaban J connectivity index is 1.77. The van der Waals surface area contributed by atoms with Gasteiger partial charge in [-0.3, -0.25) is 0 Å². The lowest BCUT2D eigenvalue weighted by molar-refractivity contribution is 0.580. The van der Waals surface area contributed by atoms with E-state index in [-0.39, 0.29) is 0 Å². The number of hydrogen-bond acceptors (Lipinski definition) is 3. The molecular formula is C12H16FN3. The Labute approximate surface area is 94.8 Å². The van der Waals surface area contributed by atoms with Gasteiger partial charge in [0.15, 0.2) is 0 Å². The predicted octanol–water partition coefficient (Wildman–Crippen LogP) is 2.92. The number of allylic oxidation sites excluding steroid dienone is 1. The number of nitrogens with zero attached hydrogens (tertiary/aromatic N) is 2. The van der Waals surface area contributed by atoms with Crippen molar-refractivity contribution in [2.45, 2.75) is 32.1 Å². The van der Waals surface area contributed by atoms with Gasteiger partial charge >= 0.3 is 0 Å². The van der Waals surface area contributed by atoms with Gasteiger partial charge in [-0.05, 0) is 32.1 Å². The van der Waals surface area contributed by atoms with Gasteiger partial charge in [-0.1, -0.05) is 11.6 Å². The molecule has 0 unspecified atom stereocenters. The van der Waals surface area contributed by atoms with Crippen molar-refractivity contribution in [3.05, 3.63) is 30.0 Å². The van der Waals surface area contributed by atoms with Crippen LogP contribution >= 0.6 is 0 Å². The summed E-state index contributed by atoms with van der Waals surface area (Å²) in [6.45, 7) is 0.808. The van der Waals surface area contributed by atoms with Gasteiger partial charge in [-0.15, -0.1) is 0 Å². The minimum atomic E-state index is -0.491. The zero-order valence-electron chi connectivity index (χ0n) is 9.25. The van der Waals surface area contributed by atoms with E-state index in [9.17, 15) is 4.39 Å². The summed E-state index contributed by atoms with van der Waals surface area (Å²) in [5.41, 5.74) is 1.51. The molecule has 2 rings (SSSR count). The standard InChI is InChI=1S/C12H16FN3/c13-11-8-12(16-9-15-11)14-7-6-10-4-2-1-3-5-10/h4,8-9H,1-3,5-7H2,(H,14,15,16). The second kappa shape index (κ2) is 5.58. The van der Waals surface area contributed by atoms with E-state index < -0.39 is 5.95 Å². The van der Waals surface area contributed by atoms with Crippen LogP contribution in [-0.2, 0) is 0 Å². The molecule has 0 amide bonds. The van der Waals surface area contributed by atoms with Crippen molar-refractivity contribution >= 4 is 5.82 Å². The topological polar surface area (TPSA) is 37.8 Å². The van der Waals surface area contributed by atoms with Crippen LogP contribution in [0.25, 0.3) is 0 Å². The summed E-state index contributed by atoms with van der Waals surface area (Å²) in [5.74, 6) is 0.0679. The zero-order chi connectivity index (χ0) is 11.2. The van der Waals surface area contributed by atoms with E-state index in [2.05, 4.69) is 21.4 Å². The molecule has 0 saturated carbocycles. The summed E-state index contributed by atoms with van der Waals surface area (Å²) in [6, 6.07) is 1.31. The van der Waals surface area contributed by atoms with E-state index in [1.54, 1.807) is 0 Å². The molecule has 0 fully saturated rings. The highest BCUT2D eigenvalue weighted by Gasteiger charge is 2.03. The third kappa shape index (κ3) is 3.29. The third-order valence-electron chi connectivity index (χ3n) is 2.77. The molecule has 1 aromatic heterocycles. The first-order valence-corrected chi connectivity index (χ1v) is 5.74. The first kappa shape index (κ1) is 11.0. The van der Waals surface area contributed by atoms with Crippen molar-refractivity contribution in [1.29, 1.82) is 0 Å². The molecule has 1 aliphatic carbocycles. The minimum Gasteiger partial charge on any atom is -0.370 e. The van der Waals surface area contributed by atoms with Crippen molar-refractivity contribution in [3.8, 4) is 0 Å². The van der Waals surface area contributed by atoms with E-state index in [4.69, 9.17) is 0 Å². The maximum absolute atomic E-state index is 12.7. The van der Waals surface area contributed by atoms with Gasteiger partial charge in [0.2, 0.25) is 5.95 Å². The van der Waals surface area contributed by atoms with E-state index in [0.717, 1.165) is 13.0 Å². The van der Waals surface area contributed by atoms with Gasteiger partial charge in [0, 0.05) is 12.6 Å². The van der Waals surface area contributed by atoms with Gasteiger partial charge < -0.3 is 5.32 Å². The molecule has 0 saturated heterocycles. The smallest absolute Gasteiger partial charge is 0.217 e. The van der Waals surface area contributed by atoms with Crippen LogP contribution in [0.4, 0.5) is 10.2 Å². The van der Waals surface area contributed by atoms with E-state index >= 15 is 0 Å². The Morgan fingerprint density at radius 2 is 2.25 bits per heavy atom. The lowest BCUT2D eigenvalue weighted by Gasteiger charge is -2.12. The second-order valence-corrected chi connectivity index (χ2v) is 4.01. The Kier molecular flexibility index (Phi) is 3.86. The van der Waals surface area contributed by atoms with E-state index in [1.165, 1.54) is 43.7 Å². The van der Waals surface area contributed by atoms with Crippen LogP contribution in [0.15, 0.2) is 24.0 Å². The Morgan fingerprint density at radius 3 is 3.00 bits per heavy atom. The number of halogens is 1. The minimum absolute atomic E-state index is 0.491. The molecule has 0 spiro atoms. The largest absolute Gasteiger partial charge is 0.370 e. The van der Waals surface area contributed by atoms with Crippen molar-refractivity contribution < 1.29 is 4.39 Å². The fraction of sp³-hybridized carbons (Fsp3) is 0.500. The van der Waals surface area contributed by atoms with Gasteiger partial charge in [-0.25, -0.2) is 9.97 Å². The number of nitrogens with one attached hydrogen (secondary N) is 1. The summed E-state index contributed by atoms with van der Waals surface area (Å²) in [7, 11) is 0. The van der Waals surface area contributed by atoms with Crippen molar-refractivity contribution in [3.63, 3.8) is 0 Å². The van der Waals surface area contributed by atoms with E-state index in [1.807, 2.05) is 0 Å². The molecular weight excluding hydrogens is 205 g/mol. The lowest BCUT2D eigenvalue weighted by atomic mass is 9.97. The Hall–Kier alpha value is -1.45. The van der Waals surface area contributed by atoms with Crippen LogP contribution in [0.3, 0.4) is 0 Å². The number of rotatable bonds is 4. The Morgan fingerprint density at radius 1 is 1.31 bits per heavy atom. The summed E-state index contributed by atoms with van der Waals surface area (Å²) in [5, 5.41) is 3.10. The van der Waals surface area contributed by atoms with Gasteiger partial charge in [0.25, 0.3) is 0 Å². The molecule has 0 radical (unpaired) electrons. The normalized spacial score (nSPS) is 15.7. The average molecular weight is 221 g/mol. The van der Waals surface area contributed by atoms with Gasteiger partial charge in [-0.2, -0.15) is 4.39 Å². The number of aromatic nitrogens is 2. The second-order valence-electron chi connectivity index (χ2n) is 4.01. The van der Waals surface area contributed by atoms with Crippen LogP contribution in [0.5, 0.6) is 0 Å². The van der Waals surface area contributed by atoms with Gasteiger partial charge in [0.1, 0.15) is 12.1 Å². The molecule has 0 bridgehead atoms. The molecule has 0 aromatic carbocycles. The lowest BCUT2D eigenvalue weighted by Crippen LogP contribution is -2.06. The fourth-order valence-electron chi connectivity index (χ4n) is 1.91. The van der Waals surface area contributed by atoms with Crippen LogP contribution in [0.2, 0.25) is 0 Å². The van der Waals surface area contributed by atoms with Crippen LogP contribution in [-0.4, -0.2) is 16.5 Å². The Bertz CT molecular complexity index is 376. The highest BCUT2D eigenvalue weighted by atomic mass is 19.1. The summed E-state index contributed by atoms with van der Waals surface area (Å²) in [6.07, 6.45) is 9.61. The SMILES string of the molecule is Fc1cc(NCCC2=CCCCC2)ncn1. The van der Waals surface area contributed by atoms with Crippen molar-refractivity contribution in [2.24, 2.45) is 0 Å². The van der Waals surface area contributed by atoms with Gasteiger partial charge in [0.05, 0.1) is 0 Å². The highest BCUT2D eigenvalue weighted by Crippen LogP contribution is 2.19. The summed E-state index contributed by atoms with van der Waals surface area (Å²) >= 11 is 0. The van der Waals surface area contributed by atoms with Crippen LogP contribution < -0.4 is 5.32 Å². The van der Waals surface area contributed by atoms with Crippen LogP contribution in [0, 0.1) is 5.95 Å². The average Bonchev–Trinajstić information content (AvgIpc) is 2.30. The molecule has 1 aliphatic rings. The first-order chi connectivity index (χ1) is 7.84. The summed E-state index contributed by atoms with van der Waals surface area (Å²) in [4.78, 5) is 7.35. The molecule has 86 valence electrons. The maximum atomic E-state index is 12.7. The van der Waals surface area contributed by atoms with Crippen molar-refractivity contribution in [2.75, 3.05) is 11.9 Å². The van der Waals surface area contributed by atoms with E-state index in [0.29, 0.717) is 5.82 Å². The monoisotopic (exact) mass is 221 g/mol. The molecule has 16 heavy (non-hydrogen) atoms. The molecule has 3 nitrogen and oxygen atoms in total. The first-order valence-electron chi connectivity index (χ1n) is 5.74. The maximum Gasteiger partial charge on any atom is 0.217 e. The molecule has 1 aromatic rings. The number of anilines is 1. The predicted molar refractivity (Wildman–Crippen MR) is 61.6 cm³/mol. The molecule has 1 N–H and O–H groups in total. The molecule has 4 heteroatoms. The van der Waals surface area contributed by atoms with Crippen LogP contribution in [0.1, 0.15) is 32.1 Å². The quantitative estimate of drug-likeness (QED) is 0.627. The highest BCUT2D eigenvalue weighted by molar-refractivity contribution is 5.32. The zero-order valence-corrected chi connectivity index (χ0v) is 9.25. The third-order valence-corrected chi connectivity index (χ3v) is 2.77. The summed E-state index contributed by atoms with van der Waals surface area (Å²) < 4.78 is 12.7. The molecule has 1 heterocycles. The van der Waals surface area contributed by atoms with Crippen molar-refractivity contribution in [1.82, 2.24) is 9.97 Å². The molecule has 0 aliphatic heterocycles. The fourth-order valence-corrected chi connectivity index (χ4v) is 1.91.